The van der Waals surface area contributed by atoms with Crippen LogP contribution in [0.25, 0.3) is 11.2 Å². The molecule has 0 fully saturated rings. The Bertz CT molecular complexity index is 638. The Hall–Kier alpha value is -1.70. The third kappa shape index (κ3) is 1.20. The van der Waals surface area contributed by atoms with Crippen LogP contribution in [0.15, 0.2) is 17.4 Å². The Morgan fingerprint density at radius 1 is 1.43 bits per heavy atom. The van der Waals surface area contributed by atoms with Crippen LogP contribution in [0.1, 0.15) is 0 Å². The second kappa shape index (κ2) is 2.64. The van der Waals surface area contributed by atoms with Gasteiger partial charge < -0.3 is 4.98 Å². The van der Waals surface area contributed by atoms with Gasteiger partial charge in [-0.15, -0.1) is 0 Å². The van der Waals surface area contributed by atoms with Crippen molar-refractivity contribution in [2.24, 2.45) is 0 Å². The van der Waals surface area contributed by atoms with Gasteiger partial charge in [0.15, 0.2) is 11.2 Å². The third-order valence-corrected chi connectivity index (χ3v) is 2.66. The first-order valence-electron chi connectivity index (χ1n) is 3.61. The fourth-order valence-corrected chi connectivity index (χ4v) is 1.81. The largest absolute Gasteiger partial charge is 0.311 e. The summed E-state index contributed by atoms with van der Waals surface area (Å²) in [5, 5.41) is 0. The minimum absolute atomic E-state index is 0.0602. The van der Waals surface area contributed by atoms with Gasteiger partial charge in [0, 0.05) is 0 Å². The van der Waals surface area contributed by atoms with Crippen molar-refractivity contribution in [1.29, 1.82) is 0 Å². The summed E-state index contributed by atoms with van der Waals surface area (Å²) in [5.41, 5.74) is -0.480. The molecule has 0 aliphatic carbocycles. The smallest absolute Gasteiger partial charge is 0.278 e. The van der Waals surface area contributed by atoms with Crippen LogP contribution in [-0.4, -0.2) is 33.6 Å². The molecule has 0 atom stereocenters. The summed E-state index contributed by atoms with van der Waals surface area (Å²) in [7, 11) is -3.51. The molecule has 2 rings (SSSR count). The van der Waals surface area contributed by atoms with Gasteiger partial charge in [0.05, 0.1) is 12.6 Å². The van der Waals surface area contributed by atoms with Gasteiger partial charge in [0.2, 0.25) is 10.0 Å². The molecule has 0 aliphatic heterocycles. The zero-order valence-electron chi connectivity index (χ0n) is 7.13. The first kappa shape index (κ1) is 8.88. The molecule has 0 unspecified atom stereocenters. The fourth-order valence-electron chi connectivity index (χ4n) is 1.09. The van der Waals surface area contributed by atoms with Crippen LogP contribution < -0.4 is 5.56 Å². The number of aromatic amines is 1. The molecular formula is C6H6N4O3S. The maximum atomic E-state index is 11.3. The van der Waals surface area contributed by atoms with Crippen molar-refractivity contribution in [3.63, 3.8) is 0 Å². The number of nitrogens with one attached hydrogen (secondary N) is 1. The number of H-pyrrole nitrogens is 1. The number of nitrogens with zero attached hydrogens (tertiary/aromatic N) is 3. The molecule has 2 aromatic rings. The summed E-state index contributed by atoms with van der Waals surface area (Å²) in [6.45, 7) is 0. The van der Waals surface area contributed by atoms with Gasteiger partial charge in [-0.2, -0.15) is 0 Å². The van der Waals surface area contributed by atoms with Crippen LogP contribution in [0, 0.1) is 0 Å². The summed E-state index contributed by atoms with van der Waals surface area (Å²) < 4.78 is 23.2. The van der Waals surface area contributed by atoms with Gasteiger partial charge in [0.1, 0.15) is 6.33 Å². The van der Waals surface area contributed by atoms with Crippen molar-refractivity contribution in [3.8, 4) is 0 Å². The van der Waals surface area contributed by atoms with Crippen molar-refractivity contribution in [2.45, 2.75) is 0 Å². The highest BCUT2D eigenvalue weighted by molar-refractivity contribution is 7.89. The van der Waals surface area contributed by atoms with E-state index in [9.17, 15) is 13.2 Å². The van der Waals surface area contributed by atoms with Gasteiger partial charge in [-0.1, -0.05) is 0 Å². The average molecular weight is 214 g/mol. The van der Waals surface area contributed by atoms with E-state index in [2.05, 4.69) is 15.0 Å². The van der Waals surface area contributed by atoms with Crippen LogP contribution in [0.4, 0.5) is 0 Å². The van der Waals surface area contributed by atoms with Crippen LogP contribution in [0.3, 0.4) is 0 Å². The van der Waals surface area contributed by atoms with Gasteiger partial charge >= 0.3 is 0 Å². The molecule has 0 spiro atoms. The summed E-state index contributed by atoms with van der Waals surface area (Å²) in [6, 6.07) is 0. The molecule has 2 aromatic heterocycles. The SMILES string of the molecule is CS(=O)(=O)n1cnc2nc[nH]c(=O)c21. The van der Waals surface area contributed by atoms with Crippen LogP contribution in [0.2, 0.25) is 0 Å². The summed E-state index contributed by atoms with van der Waals surface area (Å²) in [6.07, 6.45) is 3.22. The molecule has 0 aliphatic rings. The standard InChI is InChI=1S/C6H6N4O3S/c1-14(12,13)10-3-9-5-4(10)6(11)8-2-7-5/h2-3H,1H3,(H,7,8,11). The predicted octanol–water partition coefficient (Wildman–Crippen LogP) is -1.07. The zero-order chi connectivity index (χ0) is 10.3. The van der Waals surface area contributed by atoms with Gasteiger partial charge in [-0.05, 0) is 0 Å². The molecule has 7 nitrogen and oxygen atoms in total. The zero-order valence-corrected chi connectivity index (χ0v) is 7.95. The topological polar surface area (TPSA) is 97.7 Å². The number of imidazole rings is 1. The van der Waals surface area contributed by atoms with Gasteiger partial charge in [-0.3, -0.25) is 4.79 Å². The number of aromatic nitrogens is 4. The normalized spacial score (nSPS) is 12.1. The Labute approximate surface area is 78.5 Å². The molecule has 0 amide bonds. The van der Waals surface area contributed by atoms with Crippen molar-refractivity contribution < 1.29 is 8.42 Å². The second-order valence-corrected chi connectivity index (χ2v) is 4.57. The van der Waals surface area contributed by atoms with E-state index in [1.807, 2.05) is 0 Å². The number of hydrogen-bond acceptors (Lipinski definition) is 5. The van der Waals surface area contributed by atoms with Crippen molar-refractivity contribution in [2.75, 3.05) is 6.26 Å². The van der Waals surface area contributed by atoms with E-state index < -0.39 is 15.6 Å². The van der Waals surface area contributed by atoms with Gasteiger partial charge in [-0.25, -0.2) is 22.4 Å². The lowest BCUT2D eigenvalue weighted by Gasteiger charge is -1.97. The molecule has 0 bridgehead atoms. The summed E-state index contributed by atoms with van der Waals surface area (Å²) >= 11 is 0. The number of rotatable bonds is 1. The Balaban J connectivity index is 3.02. The molecule has 0 aromatic carbocycles. The van der Waals surface area contributed by atoms with Crippen molar-refractivity contribution in [3.05, 3.63) is 23.0 Å². The lowest BCUT2D eigenvalue weighted by molar-refractivity contribution is 0.594. The van der Waals surface area contributed by atoms with E-state index in [1.54, 1.807) is 0 Å². The second-order valence-electron chi connectivity index (χ2n) is 2.71. The first-order valence-corrected chi connectivity index (χ1v) is 5.46. The maximum Gasteiger partial charge on any atom is 0.278 e. The molecule has 0 saturated heterocycles. The quantitative estimate of drug-likeness (QED) is 0.651. The molecule has 2 heterocycles. The highest BCUT2D eigenvalue weighted by Gasteiger charge is 2.14. The maximum absolute atomic E-state index is 11.3. The first-order chi connectivity index (χ1) is 6.50. The van der Waals surface area contributed by atoms with Crippen molar-refractivity contribution >= 4 is 21.2 Å². The van der Waals surface area contributed by atoms with Gasteiger partial charge in [0.25, 0.3) is 5.56 Å². The predicted molar refractivity (Wildman–Crippen MR) is 48.4 cm³/mol. The van der Waals surface area contributed by atoms with E-state index >= 15 is 0 Å². The molecule has 74 valence electrons. The molecule has 1 N–H and O–H groups in total. The Morgan fingerprint density at radius 3 is 2.79 bits per heavy atom. The minimum Gasteiger partial charge on any atom is -0.311 e. The highest BCUT2D eigenvalue weighted by Crippen LogP contribution is 2.05. The average Bonchev–Trinajstić information content (AvgIpc) is 2.47. The van der Waals surface area contributed by atoms with E-state index in [0.717, 1.165) is 16.6 Å². The summed E-state index contributed by atoms with van der Waals surface area (Å²) in [5.74, 6) is 0. The van der Waals surface area contributed by atoms with Crippen LogP contribution in [-0.2, 0) is 10.0 Å². The molecule has 0 radical (unpaired) electrons. The third-order valence-electron chi connectivity index (χ3n) is 1.67. The fraction of sp³-hybridized carbons (Fsp3) is 0.167. The monoisotopic (exact) mass is 214 g/mol. The van der Waals surface area contributed by atoms with E-state index in [-0.39, 0.29) is 11.2 Å². The van der Waals surface area contributed by atoms with Crippen LogP contribution >= 0.6 is 0 Å². The van der Waals surface area contributed by atoms with Crippen molar-refractivity contribution in [1.82, 2.24) is 18.9 Å². The lowest BCUT2D eigenvalue weighted by atomic mass is 10.6. The minimum atomic E-state index is -3.51. The Kier molecular flexibility index (Phi) is 1.68. The lowest BCUT2D eigenvalue weighted by Crippen LogP contribution is -2.16. The molecule has 14 heavy (non-hydrogen) atoms. The van der Waals surface area contributed by atoms with Crippen LogP contribution in [0.5, 0.6) is 0 Å². The Morgan fingerprint density at radius 2 is 2.14 bits per heavy atom. The van der Waals surface area contributed by atoms with E-state index in [0.29, 0.717) is 0 Å². The highest BCUT2D eigenvalue weighted by atomic mass is 32.2. The molecule has 8 heteroatoms. The van der Waals surface area contributed by atoms with E-state index in [1.165, 1.54) is 6.33 Å². The van der Waals surface area contributed by atoms with E-state index in [4.69, 9.17) is 0 Å². The molecule has 0 saturated carbocycles. The summed E-state index contributed by atoms with van der Waals surface area (Å²) in [4.78, 5) is 21.0. The molecular weight excluding hydrogens is 208 g/mol. The number of hydrogen-bond donors (Lipinski definition) is 1. The number of fused-ring (bicyclic) bond motifs is 1.